The minimum Gasteiger partial charge on any atom is -1.00 e. The maximum absolute atomic E-state index is 12.3. The summed E-state index contributed by atoms with van der Waals surface area (Å²) in [6.45, 7) is 9.40. The number of quaternary nitrogens is 2. The van der Waals surface area contributed by atoms with E-state index in [1.165, 1.54) is 103 Å². The van der Waals surface area contributed by atoms with Gasteiger partial charge in [-0.25, -0.2) is 0 Å². The SMILES string of the molecule is CCCCCCCCNC(=O)C[N+](C)(C)CCCCCCCC[N+](C)(C)CC(=O)NCCCCCCCC.[Br-].[Br-]. The topological polar surface area (TPSA) is 58.2 Å². The number of carbonyl (C=O) groups is 2. The molecule has 0 aromatic carbocycles. The summed E-state index contributed by atoms with van der Waals surface area (Å²) in [5, 5.41) is 6.24. The zero-order chi connectivity index (χ0) is 28.5. The molecule has 0 aromatic rings. The molecule has 2 N–H and O–H groups in total. The van der Waals surface area contributed by atoms with Crippen LogP contribution in [0, 0.1) is 0 Å². The number of hydrogen-bond acceptors (Lipinski definition) is 2. The van der Waals surface area contributed by atoms with Gasteiger partial charge in [-0.1, -0.05) is 90.9 Å². The second-order valence-corrected chi connectivity index (χ2v) is 13.0. The fourth-order valence-corrected chi connectivity index (χ4v) is 5.10. The van der Waals surface area contributed by atoms with Crippen LogP contribution in [0.4, 0.5) is 0 Å². The lowest BCUT2D eigenvalue weighted by Gasteiger charge is -2.29. The highest BCUT2D eigenvalue weighted by atomic mass is 79.9. The molecule has 0 bridgehead atoms. The van der Waals surface area contributed by atoms with Gasteiger partial charge in [0, 0.05) is 13.1 Å². The van der Waals surface area contributed by atoms with Gasteiger partial charge in [0.25, 0.3) is 11.8 Å². The smallest absolute Gasteiger partial charge is 0.275 e. The van der Waals surface area contributed by atoms with Gasteiger partial charge in [0.15, 0.2) is 13.1 Å². The standard InChI is InChI=1S/C32H66N4O2.2BrH/c1-7-9-11-13-17-21-25-33-31(37)29-35(3,4)27-23-19-15-16-20-24-28-36(5,6)30-32(38)34-26-22-18-14-12-10-8-2;;/h7-30H2,1-6H3;2*1H. The molecule has 0 aliphatic carbocycles. The summed E-state index contributed by atoms with van der Waals surface area (Å²) in [4.78, 5) is 24.6. The fraction of sp³-hybridized carbons (Fsp3) is 0.938. The van der Waals surface area contributed by atoms with Crippen LogP contribution in [0.25, 0.3) is 0 Å². The number of hydrogen-bond donors (Lipinski definition) is 2. The van der Waals surface area contributed by atoms with Crippen molar-refractivity contribution in [3.05, 3.63) is 0 Å². The van der Waals surface area contributed by atoms with Crippen molar-refractivity contribution in [1.82, 2.24) is 10.6 Å². The second kappa shape index (κ2) is 28.9. The number of carbonyl (C=O) groups excluding carboxylic acids is 2. The average molecular weight is 701 g/mol. The minimum atomic E-state index is 0. The first-order valence-corrected chi connectivity index (χ1v) is 16.3. The van der Waals surface area contributed by atoms with Gasteiger partial charge >= 0.3 is 0 Å². The number of amides is 2. The molecule has 6 nitrogen and oxygen atoms in total. The maximum atomic E-state index is 12.3. The zero-order valence-electron chi connectivity index (χ0n) is 27.4. The molecule has 0 atom stereocenters. The van der Waals surface area contributed by atoms with Gasteiger partial charge in [-0.2, -0.15) is 0 Å². The van der Waals surface area contributed by atoms with Crippen molar-refractivity contribution in [2.75, 3.05) is 67.5 Å². The second-order valence-electron chi connectivity index (χ2n) is 13.0. The first kappa shape index (κ1) is 44.3. The van der Waals surface area contributed by atoms with Gasteiger partial charge in [0.1, 0.15) is 0 Å². The number of halogens is 2. The van der Waals surface area contributed by atoms with E-state index in [1.807, 2.05) is 0 Å². The minimum absolute atomic E-state index is 0. The summed E-state index contributed by atoms with van der Waals surface area (Å²) in [5.41, 5.74) is 0. The van der Waals surface area contributed by atoms with Crippen LogP contribution in [0.1, 0.15) is 129 Å². The molecule has 0 unspecified atom stereocenters. The highest BCUT2D eigenvalue weighted by Gasteiger charge is 2.20. The summed E-state index contributed by atoms with van der Waals surface area (Å²) < 4.78 is 1.55. The van der Waals surface area contributed by atoms with Crippen molar-refractivity contribution >= 4 is 11.8 Å². The predicted molar refractivity (Wildman–Crippen MR) is 164 cm³/mol. The lowest BCUT2D eigenvalue weighted by molar-refractivity contribution is -0.882. The van der Waals surface area contributed by atoms with Crippen molar-refractivity contribution in [3.63, 3.8) is 0 Å². The Morgan fingerprint density at radius 1 is 0.450 bits per heavy atom. The Labute approximate surface area is 270 Å². The van der Waals surface area contributed by atoms with E-state index in [2.05, 4.69) is 52.7 Å². The van der Waals surface area contributed by atoms with Gasteiger partial charge in [-0.15, -0.1) is 0 Å². The van der Waals surface area contributed by atoms with E-state index >= 15 is 0 Å². The van der Waals surface area contributed by atoms with Crippen molar-refractivity contribution < 1.29 is 52.5 Å². The molecule has 0 saturated heterocycles. The van der Waals surface area contributed by atoms with E-state index in [1.54, 1.807) is 0 Å². The molecule has 2 amide bonds. The van der Waals surface area contributed by atoms with E-state index in [4.69, 9.17) is 0 Å². The van der Waals surface area contributed by atoms with Crippen molar-refractivity contribution in [2.45, 2.75) is 129 Å². The molecule has 0 fully saturated rings. The average Bonchev–Trinajstić information content (AvgIpc) is 2.83. The van der Waals surface area contributed by atoms with Crippen LogP contribution in [0.5, 0.6) is 0 Å². The Balaban J connectivity index is -0.00000684. The van der Waals surface area contributed by atoms with E-state index in [-0.39, 0.29) is 45.8 Å². The van der Waals surface area contributed by atoms with E-state index in [0.29, 0.717) is 13.1 Å². The molecular weight excluding hydrogens is 632 g/mol. The summed E-state index contributed by atoms with van der Waals surface area (Å²) in [6.07, 6.45) is 22.5. The van der Waals surface area contributed by atoms with E-state index in [9.17, 15) is 9.59 Å². The Bertz CT molecular complexity index is 539. The molecule has 0 spiro atoms. The number of rotatable bonds is 27. The Morgan fingerprint density at radius 3 is 1.05 bits per heavy atom. The van der Waals surface area contributed by atoms with Gasteiger partial charge in [-0.05, 0) is 38.5 Å². The summed E-state index contributed by atoms with van der Waals surface area (Å²) in [6, 6.07) is 0. The molecule has 0 aromatic heterocycles. The molecule has 242 valence electrons. The molecule has 0 aliphatic heterocycles. The quantitative estimate of drug-likeness (QED) is 0.0967. The van der Waals surface area contributed by atoms with Crippen LogP contribution in [-0.2, 0) is 9.59 Å². The van der Waals surface area contributed by atoms with Crippen molar-refractivity contribution in [2.24, 2.45) is 0 Å². The first-order valence-electron chi connectivity index (χ1n) is 16.3. The van der Waals surface area contributed by atoms with Crippen LogP contribution >= 0.6 is 0 Å². The molecule has 0 saturated carbocycles. The maximum Gasteiger partial charge on any atom is 0.275 e. The van der Waals surface area contributed by atoms with Gasteiger partial charge in [0.2, 0.25) is 0 Å². The molecule has 40 heavy (non-hydrogen) atoms. The van der Waals surface area contributed by atoms with Gasteiger partial charge < -0.3 is 53.6 Å². The molecule has 0 rings (SSSR count). The van der Waals surface area contributed by atoms with Crippen LogP contribution in [-0.4, -0.2) is 88.2 Å². The highest BCUT2D eigenvalue weighted by Crippen LogP contribution is 2.11. The summed E-state index contributed by atoms with van der Waals surface area (Å²) in [5.74, 6) is 0.390. The lowest BCUT2D eigenvalue weighted by Crippen LogP contribution is -3.00. The zero-order valence-corrected chi connectivity index (χ0v) is 30.6. The fourth-order valence-electron chi connectivity index (χ4n) is 5.10. The predicted octanol–water partition coefficient (Wildman–Crippen LogP) is 0.441. The van der Waals surface area contributed by atoms with Crippen molar-refractivity contribution in [3.8, 4) is 0 Å². The van der Waals surface area contributed by atoms with Gasteiger partial charge in [-0.3, -0.25) is 9.59 Å². The lowest BCUT2D eigenvalue weighted by atomic mass is 10.1. The first-order chi connectivity index (χ1) is 18.1. The summed E-state index contributed by atoms with van der Waals surface area (Å²) >= 11 is 0. The number of nitrogens with one attached hydrogen (secondary N) is 2. The van der Waals surface area contributed by atoms with Crippen LogP contribution in [0.2, 0.25) is 0 Å². The molecule has 8 heteroatoms. The molecule has 0 aliphatic rings. The van der Waals surface area contributed by atoms with Crippen molar-refractivity contribution in [1.29, 1.82) is 0 Å². The van der Waals surface area contributed by atoms with Crippen LogP contribution in [0.3, 0.4) is 0 Å². The normalized spacial score (nSPS) is 11.4. The Kier molecular flexibility index (Phi) is 32.0. The largest absolute Gasteiger partial charge is 1.00 e. The molecule has 0 radical (unpaired) electrons. The van der Waals surface area contributed by atoms with E-state index < -0.39 is 0 Å². The molecule has 0 heterocycles. The number of unbranched alkanes of at least 4 members (excludes halogenated alkanes) is 15. The van der Waals surface area contributed by atoms with Gasteiger partial charge in [0.05, 0.1) is 41.3 Å². The number of nitrogens with zero attached hydrogens (tertiary/aromatic N) is 2. The third-order valence-electron chi connectivity index (χ3n) is 7.63. The van der Waals surface area contributed by atoms with E-state index in [0.717, 1.165) is 48.0 Å². The molecular formula is C32H68Br2N4O2. The highest BCUT2D eigenvalue weighted by molar-refractivity contribution is 5.77. The third-order valence-corrected chi connectivity index (χ3v) is 7.63. The summed E-state index contributed by atoms with van der Waals surface area (Å²) in [7, 11) is 8.70. The third kappa shape index (κ3) is 30.8. The monoisotopic (exact) mass is 698 g/mol. The Hall–Kier alpha value is -0.180. The van der Waals surface area contributed by atoms with Crippen LogP contribution < -0.4 is 44.6 Å². The Morgan fingerprint density at radius 2 is 0.725 bits per heavy atom. The van der Waals surface area contributed by atoms with Crippen LogP contribution in [0.15, 0.2) is 0 Å². The number of likely N-dealkylation sites (N-methyl/N-ethyl adjacent to an activating group) is 2.